The molecule has 0 saturated carbocycles. The first kappa shape index (κ1) is 15.3. The lowest BCUT2D eigenvalue weighted by Gasteiger charge is -2.17. The lowest BCUT2D eigenvalue weighted by molar-refractivity contribution is -0.121. The molecule has 3 aromatic rings. The standard InChI is InChI=1S/C20H22N2O/c1-3-18(15-10-8-14(2)9-11-15)22-20(23)12-16-13-21-19-7-5-4-6-17(16)19/h4-11,13,18,21H,3,12H2,1-2H3,(H,22,23)/t18-/m1/s1. The third-order valence-electron chi connectivity index (χ3n) is 4.25. The number of aromatic amines is 1. The highest BCUT2D eigenvalue weighted by Gasteiger charge is 2.14. The molecule has 0 radical (unpaired) electrons. The van der Waals surface area contributed by atoms with Gasteiger partial charge in [0, 0.05) is 17.1 Å². The Bertz CT molecular complexity index is 802. The van der Waals surface area contributed by atoms with Gasteiger partial charge in [0.05, 0.1) is 12.5 Å². The number of rotatable bonds is 5. The van der Waals surface area contributed by atoms with Crippen molar-refractivity contribution in [1.82, 2.24) is 10.3 Å². The van der Waals surface area contributed by atoms with E-state index in [-0.39, 0.29) is 11.9 Å². The molecular weight excluding hydrogens is 284 g/mol. The predicted octanol–water partition coefficient (Wildman–Crippen LogP) is 4.29. The Morgan fingerprint density at radius 3 is 2.61 bits per heavy atom. The van der Waals surface area contributed by atoms with E-state index in [4.69, 9.17) is 0 Å². The van der Waals surface area contributed by atoms with Crippen molar-refractivity contribution in [3.8, 4) is 0 Å². The highest BCUT2D eigenvalue weighted by molar-refractivity contribution is 5.88. The zero-order chi connectivity index (χ0) is 16.2. The molecule has 1 atom stereocenters. The molecule has 1 amide bonds. The average Bonchev–Trinajstić information content (AvgIpc) is 2.97. The van der Waals surface area contributed by atoms with Crippen LogP contribution >= 0.6 is 0 Å². The van der Waals surface area contributed by atoms with Crippen molar-refractivity contribution in [2.45, 2.75) is 32.7 Å². The average molecular weight is 306 g/mol. The molecule has 1 heterocycles. The van der Waals surface area contributed by atoms with E-state index in [9.17, 15) is 4.79 Å². The van der Waals surface area contributed by atoms with Crippen LogP contribution in [0.1, 0.15) is 36.1 Å². The summed E-state index contributed by atoms with van der Waals surface area (Å²) in [5, 5.41) is 4.27. The number of carbonyl (C=O) groups excluding carboxylic acids is 1. The summed E-state index contributed by atoms with van der Waals surface area (Å²) in [4.78, 5) is 15.7. The molecule has 0 unspecified atom stereocenters. The fourth-order valence-corrected chi connectivity index (χ4v) is 2.92. The monoisotopic (exact) mass is 306 g/mol. The quantitative estimate of drug-likeness (QED) is 0.726. The van der Waals surface area contributed by atoms with Crippen LogP contribution in [0.4, 0.5) is 0 Å². The van der Waals surface area contributed by atoms with E-state index in [0.29, 0.717) is 6.42 Å². The zero-order valence-electron chi connectivity index (χ0n) is 13.6. The number of aromatic nitrogens is 1. The van der Waals surface area contributed by atoms with Crippen molar-refractivity contribution in [1.29, 1.82) is 0 Å². The lowest BCUT2D eigenvalue weighted by Crippen LogP contribution is -2.29. The van der Waals surface area contributed by atoms with Crippen molar-refractivity contribution in [2.24, 2.45) is 0 Å². The van der Waals surface area contributed by atoms with Gasteiger partial charge in [-0.3, -0.25) is 4.79 Å². The minimum atomic E-state index is 0.0576. The molecule has 23 heavy (non-hydrogen) atoms. The van der Waals surface area contributed by atoms with Crippen LogP contribution in [0.3, 0.4) is 0 Å². The smallest absolute Gasteiger partial charge is 0.224 e. The number of carbonyl (C=O) groups is 1. The summed E-state index contributed by atoms with van der Waals surface area (Å²) in [6.45, 7) is 4.16. The number of hydrogen-bond acceptors (Lipinski definition) is 1. The van der Waals surface area contributed by atoms with Crippen molar-refractivity contribution in [2.75, 3.05) is 0 Å². The van der Waals surface area contributed by atoms with E-state index in [1.165, 1.54) is 5.56 Å². The first-order valence-corrected chi connectivity index (χ1v) is 8.08. The third-order valence-corrected chi connectivity index (χ3v) is 4.25. The minimum Gasteiger partial charge on any atom is -0.361 e. The highest BCUT2D eigenvalue weighted by atomic mass is 16.1. The van der Waals surface area contributed by atoms with Crippen LogP contribution in [-0.4, -0.2) is 10.9 Å². The number of H-pyrrole nitrogens is 1. The Morgan fingerprint density at radius 2 is 1.87 bits per heavy atom. The third kappa shape index (κ3) is 3.45. The van der Waals surface area contributed by atoms with Crippen molar-refractivity contribution >= 4 is 16.8 Å². The van der Waals surface area contributed by atoms with Gasteiger partial charge in [0.15, 0.2) is 0 Å². The molecule has 3 rings (SSSR count). The first-order chi connectivity index (χ1) is 11.2. The summed E-state index contributed by atoms with van der Waals surface area (Å²) >= 11 is 0. The van der Waals surface area contributed by atoms with Gasteiger partial charge in [0.2, 0.25) is 5.91 Å². The van der Waals surface area contributed by atoms with Gasteiger partial charge >= 0.3 is 0 Å². The number of fused-ring (bicyclic) bond motifs is 1. The van der Waals surface area contributed by atoms with Crippen molar-refractivity contribution in [3.63, 3.8) is 0 Å². The maximum atomic E-state index is 12.4. The molecule has 0 aliphatic heterocycles. The summed E-state index contributed by atoms with van der Waals surface area (Å²) in [5.74, 6) is 0.0576. The van der Waals surface area contributed by atoms with Crippen LogP contribution in [0, 0.1) is 6.92 Å². The lowest BCUT2D eigenvalue weighted by atomic mass is 10.0. The van der Waals surface area contributed by atoms with Crippen LogP contribution in [0.5, 0.6) is 0 Å². The summed E-state index contributed by atoms with van der Waals surface area (Å²) < 4.78 is 0. The van der Waals surface area contributed by atoms with E-state index >= 15 is 0 Å². The van der Waals surface area contributed by atoms with E-state index in [1.807, 2.05) is 30.5 Å². The molecule has 0 saturated heterocycles. The topological polar surface area (TPSA) is 44.9 Å². The van der Waals surface area contributed by atoms with E-state index < -0.39 is 0 Å². The van der Waals surface area contributed by atoms with Gasteiger partial charge in [-0.25, -0.2) is 0 Å². The molecule has 0 aliphatic carbocycles. The van der Waals surface area contributed by atoms with E-state index in [1.54, 1.807) is 0 Å². The van der Waals surface area contributed by atoms with E-state index in [0.717, 1.165) is 28.5 Å². The van der Waals surface area contributed by atoms with Gasteiger partial charge in [-0.2, -0.15) is 0 Å². The van der Waals surface area contributed by atoms with Crippen LogP contribution in [0.15, 0.2) is 54.7 Å². The van der Waals surface area contributed by atoms with Crippen LogP contribution in [-0.2, 0) is 11.2 Å². The summed E-state index contributed by atoms with van der Waals surface area (Å²) in [6, 6.07) is 16.5. The normalized spacial score (nSPS) is 12.3. The zero-order valence-corrected chi connectivity index (χ0v) is 13.6. The largest absolute Gasteiger partial charge is 0.361 e. The molecule has 0 aliphatic rings. The van der Waals surface area contributed by atoms with E-state index in [2.05, 4.69) is 48.4 Å². The molecule has 1 aromatic heterocycles. The number of aryl methyl sites for hydroxylation is 1. The van der Waals surface area contributed by atoms with Crippen LogP contribution < -0.4 is 5.32 Å². The van der Waals surface area contributed by atoms with Gasteiger partial charge in [0.25, 0.3) is 0 Å². The Hall–Kier alpha value is -2.55. The Kier molecular flexibility index (Phi) is 4.47. The molecule has 0 bridgehead atoms. The predicted molar refractivity (Wildman–Crippen MR) is 94.4 cm³/mol. The number of benzene rings is 2. The highest BCUT2D eigenvalue weighted by Crippen LogP contribution is 2.20. The number of nitrogens with one attached hydrogen (secondary N) is 2. The minimum absolute atomic E-state index is 0.0576. The Morgan fingerprint density at radius 1 is 1.13 bits per heavy atom. The van der Waals surface area contributed by atoms with Crippen molar-refractivity contribution < 1.29 is 4.79 Å². The molecule has 0 spiro atoms. The maximum Gasteiger partial charge on any atom is 0.224 e. The second-order valence-electron chi connectivity index (χ2n) is 5.98. The molecule has 2 aromatic carbocycles. The molecule has 118 valence electrons. The molecule has 2 N–H and O–H groups in total. The second kappa shape index (κ2) is 6.69. The molecular formula is C20H22N2O. The number of hydrogen-bond donors (Lipinski definition) is 2. The van der Waals surface area contributed by atoms with Gasteiger partial charge in [-0.05, 0) is 30.5 Å². The summed E-state index contributed by atoms with van der Waals surface area (Å²) in [7, 11) is 0. The van der Waals surface area contributed by atoms with Crippen LogP contribution in [0.25, 0.3) is 10.9 Å². The summed E-state index contributed by atoms with van der Waals surface area (Å²) in [5.41, 5.74) is 4.50. The fourth-order valence-electron chi connectivity index (χ4n) is 2.92. The fraction of sp³-hybridized carbons (Fsp3) is 0.250. The Labute approximate surface area is 136 Å². The van der Waals surface area contributed by atoms with Crippen LogP contribution in [0.2, 0.25) is 0 Å². The SMILES string of the molecule is CC[C@@H](NC(=O)Cc1c[nH]c2ccccc12)c1ccc(C)cc1. The maximum absolute atomic E-state index is 12.4. The van der Waals surface area contributed by atoms with Gasteiger partial charge in [-0.15, -0.1) is 0 Å². The molecule has 3 heteroatoms. The second-order valence-corrected chi connectivity index (χ2v) is 5.98. The molecule has 0 fully saturated rings. The Balaban J connectivity index is 1.71. The van der Waals surface area contributed by atoms with Gasteiger partial charge < -0.3 is 10.3 Å². The van der Waals surface area contributed by atoms with Gasteiger partial charge in [0.1, 0.15) is 0 Å². The van der Waals surface area contributed by atoms with Gasteiger partial charge in [-0.1, -0.05) is 55.0 Å². The summed E-state index contributed by atoms with van der Waals surface area (Å²) in [6.07, 6.45) is 3.20. The number of para-hydroxylation sites is 1. The van der Waals surface area contributed by atoms with Crippen molar-refractivity contribution in [3.05, 3.63) is 71.4 Å². The molecule has 3 nitrogen and oxygen atoms in total. The number of amides is 1. The first-order valence-electron chi connectivity index (χ1n) is 8.08.